The molecule has 3 rings (SSSR count). The maximum absolute atomic E-state index is 13.0. The Labute approximate surface area is 123 Å². The van der Waals surface area contributed by atoms with Crippen molar-refractivity contribution < 1.29 is 9.18 Å². The topological polar surface area (TPSA) is 32.3 Å². The van der Waals surface area contributed by atoms with Crippen LogP contribution in [0.5, 0.6) is 0 Å². The van der Waals surface area contributed by atoms with Crippen LogP contribution in [0.3, 0.4) is 0 Å². The number of rotatable bonds is 2. The number of hydrogen-bond acceptors (Lipinski definition) is 2. The number of halogens is 1. The predicted octanol–water partition coefficient (Wildman–Crippen LogP) is 3.56. The van der Waals surface area contributed by atoms with Gasteiger partial charge in [0.25, 0.3) is 5.91 Å². The van der Waals surface area contributed by atoms with Crippen LogP contribution in [0.2, 0.25) is 0 Å². The highest BCUT2D eigenvalue weighted by atomic mass is 19.1. The summed E-state index contributed by atoms with van der Waals surface area (Å²) in [6.45, 7) is 4.16. The number of nitrogens with zero attached hydrogens (tertiary/aromatic N) is 1. The fraction of sp³-hybridized carbons (Fsp3) is 0.235. The number of para-hydroxylation sites is 2. The molecule has 1 aliphatic heterocycles. The third-order valence-corrected chi connectivity index (χ3v) is 3.68. The quantitative estimate of drug-likeness (QED) is 0.914. The van der Waals surface area contributed by atoms with Crippen molar-refractivity contribution in [3.05, 3.63) is 59.9 Å². The molecule has 108 valence electrons. The summed E-state index contributed by atoms with van der Waals surface area (Å²) in [4.78, 5) is 14.4. The van der Waals surface area contributed by atoms with Gasteiger partial charge in [-0.2, -0.15) is 0 Å². The number of carbonyl (C=O) groups is 1. The molecule has 0 aliphatic carbocycles. The molecule has 0 fully saturated rings. The minimum absolute atomic E-state index is 0.00512. The normalized spacial score (nSPS) is 16.3. The average molecular weight is 284 g/mol. The molecule has 0 bridgehead atoms. The zero-order valence-corrected chi connectivity index (χ0v) is 12.1. The SMILES string of the molecule is CC1(C)Nc2ccccc2N(Cc2ccc(F)cc2)C1=O. The fourth-order valence-corrected chi connectivity index (χ4v) is 2.58. The standard InChI is InChI=1S/C17H17FN2O/c1-17(2)16(21)20(11-12-7-9-13(18)10-8-12)15-6-4-3-5-14(15)19-17/h3-10,19H,11H2,1-2H3. The van der Waals surface area contributed by atoms with Crippen molar-refractivity contribution in [2.24, 2.45) is 0 Å². The van der Waals surface area contributed by atoms with Crippen LogP contribution in [0.1, 0.15) is 19.4 Å². The van der Waals surface area contributed by atoms with Gasteiger partial charge in [-0.1, -0.05) is 24.3 Å². The van der Waals surface area contributed by atoms with Gasteiger partial charge in [-0.05, 0) is 43.7 Å². The Bertz CT molecular complexity index is 679. The van der Waals surface area contributed by atoms with Gasteiger partial charge in [0.05, 0.1) is 17.9 Å². The molecule has 2 aromatic carbocycles. The van der Waals surface area contributed by atoms with Crippen LogP contribution in [-0.2, 0) is 11.3 Å². The Hall–Kier alpha value is -2.36. The first-order valence-corrected chi connectivity index (χ1v) is 6.91. The fourth-order valence-electron chi connectivity index (χ4n) is 2.58. The molecule has 1 N–H and O–H groups in total. The first kappa shape index (κ1) is 13.6. The maximum Gasteiger partial charge on any atom is 0.252 e. The van der Waals surface area contributed by atoms with Crippen molar-refractivity contribution in [1.82, 2.24) is 0 Å². The van der Waals surface area contributed by atoms with Crippen LogP contribution in [0.25, 0.3) is 0 Å². The van der Waals surface area contributed by atoms with Crippen LogP contribution < -0.4 is 10.2 Å². The van der Waals surface area contributed by atoms with Crippen molar-refractivity contribution in [2.45, 2.75) is 25.9 Å². The summed E-state index contributed by atoms with van der Waals surface area (Å²) in [6, 6.07) is 14.0. The van der Waals surface area contributed by atoms with Crippen LogP contribution in [0, 0.1) is 5.82 Å². The van der Waals surface area contributed by atoms with Crippen molar-refractivity contribution in [3.63, 3.8) is 0 Å². The molecule has 1 amide bonds. The lowest BCUT2D eigenvalue weighted by Gasteiger charge is -2.40. The first-order valence-electron chi connectivity index (χ1n) is 6.91. The van der Waals surface area contributed by atoms with E-state index in [1.165, 1.54) is 12.1 Å². The van der Waals surface area contributed by atoms with E-state index < -0.39 is 5.54 Å². The molecule has 4 heteroatoms. The monoisotopic (exact) mass is 284 g/mol. The number of amides is 1. The summed E-state index contributed by atoms with van der Waals surface area (Å²) in [5.41, 5.74) is 2.03. The maximum atomic E-state index is 13.0. The Kier molecular flexibility index (Phi) is 3.16. The molecule has 3 nitrogen and oxygen atoms in total. The van der Waals surface area contributed by atoms with E-state index in [2.05, 4.69) is 5.32 Å². The van der Waals surface area contributed by atoms with Gasteiger partial charge in [-0.3, -0.25) is 4.79 Å². The summed E-state index contributed by atoms with van der Waals surface area (Å²) in [6.07, 6.45) is 0. The number of nitrogens with one attached hydrogen (secondary N) is 1. The minimum atomic E-state index is -0.658. The third-order valence-electron chi connectivity index (χ3n) is 3.68. The van der Waals surface area contributed by atoms with E-state index in [0.717, 1.165) is 16.9 Å². The lowest BCUT2D eigenvalue weighted by atomic mass is 9.97. The zero-order valence-electron chi connectivity index (χ0n) is 12.1. The van der Waals surface area contributed by atoms with Gasteiger partial charge < -0.3 is 10.2 Å². The molecule has 0 saturated heterocycles. The van der Waals surface area contributed by atoms with Crippen LogP contribution >= 0.6 is 0 Å². The Morgan fingerprint density at radius 2 is 1.76 bits per heavy atom. The summed E-state index contributed by atoms with van der Waals surface area (Å²) < 4.78 is 13.0. The number of anilines is 2. The Morgan fingerprint density at radius 1 is 1.10 bits per heavy atom. The molecule has 0 atom stereocenters. The minimum Gasteiger partial charge on any atom is -0.370 e. The van der Waals surface area contributed by atoms with E-state index in [1.807, 2.05) is 38.1 Å². The summed E-state index contributed by atoms with van der Waals surface area (Å²) in [5.74, 6) is -0.267. The van der Waals surface area contributed by atoms with Gasteiger partial charge in [0.1, 0.15) is 11.4 Å². The predicted molar refractivity (Wildman–Crippen MR) is 81.7 cm³/mol. The number of fused-ring (bicyclic) bond motifs is 1. The highest BCUT2D eigenvalue weighted by Gasteiger charge is 2.38. The smallest absolute Gasteiger partial charge is 0.252 e. The molecule has 21 heavy (non-hydrogen) atoms. The average Bonchev–Trinajstić information content (AvgIpc) is 2.45. The van der Waals surface area contributed by atoms with Gasteiger partial charge in [0, 0.05) is 0 Å². The van der Waals surface area contributed by atoms with E-state index in [-0.39, 0.29) is 11.7 Å². The van der Waals surface area contributed by atoms with Crippen LogP contribution in [-0.4, -0.2) is 11.4 Å². The van der Waals surface area contributed by atoms with Crippen LogP contribution in [0.15, 0.2) is 48.5 Å². The van der Waals surface area contributed by atoms with Crippen molar-refractivity contribution in [1.29, 1.82) is 0 Å². The first-order chi connectivity index (χ1) is 9.97. The largest absolute Gasteiger partial charge is 0.370 e. The number of benzene rings is 2. The van der Waals surface area contributed by atoms with E-state index in [4.69, 9.17) is 0 Å². The van der Waals surface area contributed by atoms with E-state index in [1.54, 1.807) is 17.0 Å². The van der Waals surface area contributed by atoms with Crippen molar-refractivity contribution >= 4 is 17.3 Å². The van der Waals surface area contributed by atoms with Crippen LogP contribution in [0.4, 0.5) is 15.8 Å². The highest BCUT2D eigenvalue weighted by Crippen LogP contribution is 2.35. The van der Waals surface area contributed by atoms with Crippen molar-refractivity contribution in [2.75, 3.05) is 10.2 Å². The van der Waals surface area contributed by atoms with Gasteiger partial charge in [0.15, 0.2) is 0 Å². The van der Waals surface area contributed by atoms with E-state index >= 15 is 0 Å². The van der Waals surface area contributed by atoms with E-state index in [9.17, 15) is 9.18 Å². The number of carbonyl (C=O) groups excluding carboxylic acids is 1. The molecule has 0 aromatic heterocycles. The van der Waals surface area contributed by atoms with Gasteiger partial charge in [-0.25, -0.2) is 4.39 Å². The van der Waals surface area contributed by atoms with E-state index in [0.29, 0.717) is 6.54 Å². The molecule has 1 aliphatic rings. The molecular formula is C17H17FN2O. The molecular weight excluding hydrogens is 267 g/mol. The number of hydrogen-bond donors (Lipinski definition) is 1. The molecule has 0 spiro atoms. The highest BCUT2D eigenvalue weighted by molar-refractivity contribution is 6.07. The van der Waals surface area contributed by atoms with Gasteiger partial charge in [0.2, 0.25) is 0 Å². The molecule has 1 heterocycles. The second-order valence-corrected chi connectivity index (χ2v) is 5.78. The second kappa shape index (κ2) is 4.88. The summed E-state index contributed by atoms with van der Waals surface area (Å²) in [7, 11) is 0. The Balaban J connectivity index is 1.99. The lowest BCUT2D eigenvalue weighted by molar-refractivity contribution is -0.122. The second-order valence-electron chi connectivity index (χ2n) is 5.78. The molecule has 0 unspecified atom stereocenters. The van der Waals surface area contributed by atoms with Gasteiger partial charge >= 0.3 is 0 Å². The molecule has 0 saturated carbocycles. The lowest BCUT2D eigenvalue weighted by Crippen LogP contribution is -2.53. The van der Waals surface area contributed by atoms with Crippen molar-refractivity contribution in [3.8, 4) is 0 Å². The third kappa shape index (κ3) is 2.49. The molecule has 0 radical (unpaired) electrons. The zero-order chi connectivity index (χ0) is 15.0. The molecule has 2 aromatic rings. The van der Waals surface area contributed by atoms with Gasteiger partial charge in [-0.15, -0.1) is 0 Å². The Morgan fingerprint density at radius 3 is 2.48 bits per heavy atom. The summed E-state index contributed by atoms with van der Waals surface area (Å²) >= 11 is 0. The summed E-state index contributed by atoms with van der Waals surface area (Å²) in [5, 5.41) is 3.26.